The van der Waals surface area contributed by atoms with Gasteiger partial charge in [-0.2, -0.15) is 0 Å². The average Bonchev–Trinajstić information content (AvgIpc) is 2.80. The molecule has 2 heterocycles. The molecule has 0 unspecified atom stereocenters. The Bertz CT molecular complexity index is 556. The Labute approximate surface area is 130 Å². The number of rotatable bonds is 5. The molecular formula is C15H22N4O3. The van der Waals surface area contributed by atoms with Gasteiger partial charge in [-0.25, -0.2) is 9.97 Å². The molecule has 22 heavy (non-hydrogen) atoms. The lowest BCUT2D eigenvalue weighted by Crippen LogP contribution is -2.38. The van der Waals surface area contributed by atoms with E-state index in [-0.39, 0.29) is 30.2 Å². The van der Waals surface area contributed by atoms with E-state index in [9.17, 15) is 9.59 Å². The predicted octanol–water partition coefficient (Wildman–Crippen LogP) is 0.915. The molecule has 2 amide bonds. The summed E-state index contributed by atoms with van der Waals surface area (Å²) in [5, 5.41) is 2.71. The Hall–Kier alpha value is -2.02. The number of carbonyl (C=O) groups is 2. The largest absolute Gasteiger partial charge is 0.383 e. The van der Waals surface area contributed by atoms with Crippen LogP contribution in [0.2, 0.25) is 0 Å². The Morgan fingerprint density at radius 2 is 2.09 bits per heavy atom. The summed E-state index contributed by atoms with van der Waals surface area (Å²) >= 11 is 0. The molecule has 2 atom stereocenters. The van der Waals surface area contributed by atoms with Crippen molar-refractivity contribution in [3.05, 3.63) is 17.5 Å². The van der Waals surface area contributed by atoms with Crippen molar-refractivity contribution in [1.29, 1.82) is 0 Å². The van der Waals surface area contributed by atoms with Crippen molar-refractivity contribution < 1.29 is 14.3 Å². The number of nitrogens with one attached hydrogen (secondary N) is 1. The Morgan fingerprint density at radius 3 is 2.68 bits per heavy atom. The van der Waals surface area contributed by atoms with Gasteiger partial charge in [0.2, 0.25) is 17.8 Å². The molecule has 1 aliphatic heterocycles. The zero-order chi connectivity index (χ0) is 16.3. The minimum Gasteiger partial charge on any atom is -0.383 e. The maximum atomic E-state index is 12.3. The summed E-state index contributed by atoms with van der Waals surface area (Å²) in [7, 11) is 1.60. The van der Waals surface area contributed by atoms with Crippen molar-refractivity contribution in [3.8, 4) is 0 Å². The van der Waals surface area contributed by atoms with Crippen LogP contribution in [-0.2, 0) is 14.3 Å². The Kier molecular flexibility index (Phi) is 5.07. The van der Waals surface area contributed by atoms with Gasteiger partial charge in [0.05, 0.1) is 18.6 Å². The van der Waals surface area contributed by atoms with E-state index in [1.807, 2.05) is 26.8 Å². The molecule has 0 spiro atoms. The highest BCUT2D eigenvalue weighted by Crippen LogP contribution is 2.21. The normalized spacial score (nSPS) is 19.4. The maximum absolute atomic E-state index is 12.3. The summed E-state index contributed by atoms with van der Waals surface area (Å²) in [5.41, 5.74) is 1.58. The second kappa shape index (κ2) is 6.83. The number of hydrogen-bond donors (Lipinski definition) is 1. The third-order valence-corrected chi connectivity index (χ3v) is 3.69. The lowest BCUT2D eigenvalue weighted by Gasteiger charge is -2.23. The Morgan fingerprint density at radius 1 is 1.45 bits per heavy atom. The highest BCUT2D eigenvalue weighted by atomic mass is 16.5. The first kappa shape index (κ1) is 16.4. The molecule has 1 saturated heterocycles. The van der Waals surface area contributed by atoms with Gasteiger partial charge < -0.3 is 9.64 Å². The lowest BCUT2D eigenvalue weighted by atomic mass is 10.1. The molecule has 1 fully saturated rings. The number of likely N-dealkylation sites (tertiary alicyclic amines) is 1. The summed E-state index contributed by atoms with van der Waals surface area (Å²) in [6, 6.07) is 1.80. The monoisotopic (exact) mass is 306 g/mol. The highest BCUT2D eigenvalue weighted by Gasteiger charge is 2.36. The number of carbonyl (C=O) groups excluding carboxylic acids is 2. The van der Waals surface area contributed by atoms with Crippen LogP contribution in [0, 0.1) is 19.8 Å². The molecule has 0 saturated carbocycles. The van der Waals surface area contributed by atoms with E-state index >= 15 is 0 Å². The zero-order valence-corrected chi connectivity index (χ0v) is 13.4. The van der Waals surface area contributed by atoms with Gasteiger partial charge in [0, 0.05) is 31.5 Å². The fraction of sp³-hybridized carbons (Fsp3) is 0.600. The van der Waals surface area contributed by atoms with Crippen LogP contribution in [0.4, 0.5) is 5.95 Å². The van der Waals surface area contributed by atoms with Crippen LogP contribution in [0.5, 0.6) is 0 Å². The lowest BCUT2D eigenvalue weighted by molar-refractivity contribution is -0.130. The average molecular weight is 306 g/mol. The van der Waals surface area contributed by atoms with Crippen LogP contribution >= 0.6 is 0 Å². The summed E-state index contributed by atoms with van der Waals surface area (Å²) in [5.74, 6) is -0.328. The maximum Gasteiger partial charge on any atom is 0.232 e. The van der Waals surface area contributed by atoms with Gasteiger partial charge >= 0.3 is 0 Å². The van der Waals surface area contributed by atoms with Gasteiger partial charge in [0.1, 0.15) is 0 Å². The molecule has 1 aromatic rings. The van der Waals surface area contributed by atoms with Gasteiger partial charge in [-0.15, -0.1) is 0 Å². The predicted molar refractivity (Wildman–Crippen MR) is 81.3 cm³/mol. The molecule has 7 nitrogen and oxygen atoms in total. The number of methoxy groups -OCH3 is 1. The van der Waals surface area contributed by atoms with Crippen LogP contribution < -0.4 is 5.32 Å². The first-order chi connectivity index (χ1) is 10.4. The number of aromatic nitrogens is 2. The number of nitrogens with zero attached hydrogens (tertiary/aromatic N) is 3. The first-order valence-corrected chi connectivity index (χ1v) is 7.32. The van der Waals surface area contributed by atoms with Crippen molar-refractivity contribution in [3.63, 3.8) is 0 Å². The molecule has 7 heteroatoms. The van der Waals surface area contributed by atoms with Gasteiger partial charge in [-0.05, 0) is 26.8 Å². The summed E-state index contributed by atoms with van der Waals surface area (Å²) < 4.78 is 5.07. The first-order valence-electron chi connectivity index (χ1n) is 7.32. The molecule has 120 valence electrons. The molecule has 0 bridgehead atoms. The zero-order valence-electron chi connectivity index (χ0n) is 13.4. The molecule has 0 aromatic carbocycles. The van der Waals surface area contributed by atoms with E-state index in [1.54, 1.807) is 12.0 Å². The van der Waals surface area contributed by atoms with Gasteiger partial charge in [-0.1, -0.05) is 0 Å². The van der Waals surface area contributed by atoms with Crippen LogP contribution in [0.3, 0.4) is 0 Å². The van der Waals surface area contributed by atoms with Gasteiger partial charge in [0.15, 0.2) is 0 Å². The third-order valence-electron chi connectivity index (χ3n) is 3.69. The van der Waals surface area contributed by atoms with E-state index in [2.05, 4.69) is 15.3 Å². The molecule has 1 aliphatic rings. The minimum absolute atomic E-state index is 0.0222. The SMILES string of the molecule is COC[C@H](C)N1C[C@@H](C(=O)Nc2nc(C)cc(C)n2)CC1=O. The summed E-state index contributed by atoms with van der Waals surface area (Å²) in [4.78, 5) is 34.4. The quantitative estimate of drug-likeness (QED) is 0.874. The smallest absolute Gasteiger partial charge is 0.232 e. The van der Waals surface area contributed by atoms with Crippen LogP contribution in [0.1, 0.15) is 24.7 Å². The molecular weight excluding hydrogens is 284 g/mol. The van der Waals surface area contributed by atoms with Crippen molar-refractivity contribution in [1.82, 2.24) is 14.9 Å². The summed E-state index contributed by atoms with van der Waals surface area (Å²) in [6.07, 6.45) is 0.213. The fourth-order valence-corrected chi connectivity index (χ4v) is 2.66. The summed E-state index contributed by atoms with van der Waals surface area (Å²) in [6.45, 7) is 6.46. The van der Waals surface area contributed by atoms with E-state index in [0.717, 1.165) is 11.4 Å². The van der Waals surface area contributed by atoms with Crippen LogP contribution in [-0.4, -0.2) is 53.0 Å². The number of amides is 2. The van der Waals surface area contributed by atoms with Crippen molar-refractivity contribution in [2.45, 2.75) is 33.2 Å². The second-order valence-corrected chi connectivity index (χ2v) is 5.72. The molecule has 1 aromatic heterocycles. The van der Waals surface area contributed by atoms with E-state index in [1.165, 1.54) is 0 Å². The molecule has 1 N–H and O–H groups in total. The number of aryl methyl sites for hydroxylation is 2. The van der Waals surface area contributed by atoms with Crippen molar-refractivity contribution >= 4 is 17.8 Å². The van der Waals surface area contributed by atoms with Crippen molar-refractivity contribution in [2.75, 3.05) is 25.6 Å². The van der Waals surface area contributed by atoms with Gasteiger partial charge in [-0.3, -0.25) is 14.9 Å². The highest BCUT2D eigenvalue weighted by molar-refractivity contribution is 5.96. The van der Waals surface area contributed by atoms with Crippen LogP contribution in [0.25, 0.3) is 0 Å². The second-order valence-electron chi connectivity index (χ2n) is 5.72. The standard InChI is InChI=1S/C15H22N4O3/c1-9-5-10(2)17-15(16-9)18-14(21)12-6-13(20)19(7-12)11(3)8-22-4/h5,11-12H,6-8H2,1-4H3,(H,16,17,18,21)/t11-,12-/m0/s1. The number of hydrogen-bond acceptors (Lipinski definition) is 5. The van der Waals surface area contributed by atoms with Gasteiger partial charge in [0.25, 0.3) is 0 Å². The minimum atomic E-state index is -0.378. The molecule has 0 radical (unpaired) electrons. The topological polar surface area (TPSA) is 84.4 Å². The number of anilines is 1. The molecule has 0 aliphatic carbocycles. The third kappa shape index (κ3) is 3.79. The number of ether oxygens (including phenoxy) is 1. The van der Waals surface area contributed by atoms with E-state index in [4.69, 9.17) is 4.74 Å². The fourth-order valence-electron chi connectivity index (χ4n) is 2.66. The van der Waals surface area contributed by atoms with E-state index < -0.39 is 0 Å². The van der Waals surface area contributed by atoms with Crippen LogP contribution in [0.15, 0.2) is 6.07 Å². The Balaban J connectivity index is 2.00. The molecule has 2 rings (SSSR count). The van der Waals surface area contributed by atoms with Crippen molar-refractivity contribution in [2.24, 2.45) is 5.92 Å². The van der Waals surface area contributed by atoms with E-state index in [0.29, 0.717) is 19.1 Å².